The van der Waals surface area contributed by atoms with E-state index in [1.54, 1.807) is 0 Å². The van der Waals surface area contributed by atoms with Crippen molar-refractivity contribution in [3.05, 3.63) is 97.2 Å². The fourth-order valence-corrected chi connectivity index (χ4v) is 9.21. The third-order valence-electron chi connectivity index (χ3n) is 14.1. The number of hydrogen-bond donors (Lipinski definition) is 3. The van der Waals surface area contributed by atoms with E-state index in [2.05, 4.69) is 106 Å². The molecule has 1 heterocycles. The van der Waals surface area contributed by atoms with Crippen LogP contribution in [0.2, 0.25) is 0 Å². The lowest BCUT2D eigenvalue weighted by atomic mass is 9.98. The van der Waals surface area contributed by atoms with E-state index in [-0.39, 0.29) is 25.9 Å². The van der Waals surface area contributed by atoms with Crippen LogP contribution in [0, 0.1) is 0 Å². The highest BCUT2D eigenvalue weighted by molar-refractivity contribution is 5.74. The van der Waals surface area contributed by atoms with Crippen LogP contribution in [0.25, 0.3) is 0 Å². The number of rotatable bonds is 54. The summed E-state index contributed by atoms with van der Waals surface area (Å²) in [4.78, 5) is 51.2. The fourth-order valence-electron chi connectivity index (χ4n) is 9.21. The summed E-state index contributed by atoms with van der Waals surface area (Å²) in [6.45, 7) is 5.80. The van der Waals surface area contributed by atoms with E-state index < -0.39 is 67.3 Å². The molecule has 0 radical (unpaired) electrons. The Bertz CT molecular complexity index is 1780. The zero-order chi connectivity index (χ0) is 58.9. The Labute approximate surface area is 492 Å². The van der Waals surface area contributed by atoms with Gasteiger partial charge in [-0.1, -0.05) is 234 Å². The molecule has 0 saturated carbocycles. The van der Waals surface area contributed by atoms with E-state index in [9.17, 15) is 34.5 Å². The Hall–Kier alpha value is -4.36. The topological polar surface area (TPSA) is 175 Å². The number of aliphatic carboxylic acids is 1. The zero-order valence-electron chi connectivity index (χ0n) is 51.0. The van der Waals surface area contributed by atoms with Crippen LogP contribution in [0.3, 0.4) is 0 Å². The highest BCUT2D eigenvalue weighted by Crippen LogP contribution is 2.26. The lowest BCUT2D eigenvalue weighted by Gasteiger charge is -2.40. The van der Waals surface area contributed by atoms with Crippen molar-refractivity contribution in [3.63, 3.8) is 0 Å². The Morgan fingerprint density at radius 1 is 0.420 bits per heavy atom. The minimum Gasteiger partial charge on any atom is -0.479 e. The molecule has 1 fully saturated rings. The van der Waals surface area contributed by atoms with Gasteiger partial charge in [-0.2, -0.15) is 0 Å². The molecule has 12 heteroatoms. The van der Waals surface area contributed by atoms with Crippen LogP contribution in [-0.2, 0) is 42.9 Å². The van der Waals surface area contributed by atoms with E-state index in [0.717, 1.165) is 109 Å². The lowest BCUT2D eigenvalue weighted by Crippen LogP contribution is -2.61. The average Bonchev–Trinajstić information content (AvgIpc) is 3.46. The van der Waals surface area contributed by atoms with Gasteiger partial charge >= 0.3 is 23.9 Å². The summed E-state index contributed by atoms with van der Waals surface area (Å²) >= 11 is 0. The first-order chi connectivity index (χ1) is 39.6. The molecule has 462 valence electrons. The molecule has 0 amide bonds. The maximum absolute atomic E-state index is 13.2. The molecule has 12 nitrogen and oxygen atoms in total. The molecule has 0 aromatic rings. The summed E-state index contributed by atoms with van der Waals surface area (Å²) in [5.41, 5.74) is 0. The average molecular weight is 1140 g/mol. The van der Waals surface area contributed by atoms with E-state index >= 15 is 0 Å². The number of aliphatic hydroxyl groups is 2. The predicted molar refractivity (Wildman–Crippen MR) is 331 cm³/mol. The van der Waals surface area contributed by atoms with Gasteiger partial charge in [-0.3, -0.25) is 14.4 Å². The molecule has 6 unspecified atom stereocenters. The molecule has 1 rings (SSSR count). The van der Waals surface area contributed by atoms with Crippen molar-refractivity contribution in [2.75, 3.05) is 13.2 Å². The standard InChI is InChI=1S/C69H114O12/c1-4-7-10-13-16-19-22-25-27-29-31-33-35-38-40-43-46-49-52-55-61(70)77-58-60(79-62(71)56-53-50-47-44-42-39-36-34-32-30-28-26-23-20-17-14-11-8-5-2)59-78-69-67(65(74)64(73)66(81-69)68(75)76)80-63(72)57-54-51-48-45-41-37-24-21-18-15-12-9-6-3/h7,10,16,19,21,24-28,31,33,38,40,46,49,60,64-67,69,73-74H,4-6,8-9,11-15,17-18,20,22-23,29-30,32,34-37,39,41-45,47-48,50-59H2,1-3H3,(H,75,76)/b10-7-,19-16-,24-21-,27-25-,28-26-,33-31-,40-38-,49-46-. The summed E-state index contributed by atoms with van der Waals surface area (Å²) in [6.07, 6.45) is 62.4. The van der Waals surface area contributed by atoms with Crippen molar-refractivity contribution < 1.29 is 58.2 Å². The molecule has 6 atom stereocenters. The smallest absolute Gasteiger partial charge is 0.335 e. The van der Waals surface area contributed by atoms with Gasteiger partial charge in [0.15, 0.2) is 24.6 Å². The number of carbonyl (C=O) groups excluding carboxylic acids is 3. The molecular formula is C69H114O12. The second-order valence-electron chi connectivity index (χ2n) is 21.7. The van der Waals surface area contributed by atoms with Gasteiger partial charge in [0.25, 0.3) is 0 Å². The van der Waals surface area contributed by atoms with Gasteiger partial charge in [-0.05, 0) is 109 Å². The molecule has 1 aliphatic rings. The molecule has 1 aliphatic heterocycles. The van der Waals surface area contributed by atoms with Gasteiger partial charge in [-0.25, -0.2) is 4.79 Å². The molecular weight excluding hydrogens is 1020 g/mol. The maximum Gasteiger partial charge on any atom is 0.335 e. The Balaban J connectivity index is 2.71. The number of carbonyl (C=O) groups is 4. The van der Waals surface area contributed by atoms with E-state index in [4.69, 9.17) is 23.7 Å². The van der Waals surface area contributed by atoms with Gasteiger partial charge in [0.2, 0.25) is 0 Å². The van der Waals surface area contributed by atoms with Crippen LogP contribution >= 0.6 is 0 Å². The summed E-state index contributed by atoms with van der Waals surface area (Å²) in [6, 6.07) is 0. The van der Waals surface area contributed by atoms with Gasteiger partial charge < -0.3 is 39.0 Å². The summed E-state index contributed by atoms with van der Waals surface area (Å²) in [5.74, 6) is -3.24. The minimum atomic E-state index is -1.92. The van der Waals surface area contributed by atoms with Crippen molar-refractivity contribution >= 4 is 23.9 Å². The minimum absolute atomic E-state index is 0.0400. The highest BCUT2D eigenvalue weighted by atomic mass is 16.7. The lowest BCUT2D eigenvalue weighted by molar-refractivity contribution is -0.301. The Morgan fingerprint density at radius 2 is 0.802 bits per heavy atom. The quantitative estimate of drug-likeness (QED) is 0.0228. The molecule has 0 bridgehead atoms. The van der Waals surface area contributed by atoms with Gasteiger partial charge in [0.1, 0.15) is 18.8 Å². The number of allylic oxidation sites excluding steroid dienone is 16. The SMILES string of the molecule is CC/C=C\C/C=C\C/C=C\C/C=C\C/C=C\C/C=C\CCC(=O)OCC(COC1OC(C(=O)O)C(O)C(O)C1OC(=O)CCCCCCC/C=C\CCCCCC)OC(=O)CCCCCCCCCCC/C=C\CCCCCCCC. The molecule has 0 spiro atoms. The van der Waals surface area contributed by atoms with Crippen molar-refractivity contribution in [2.45, 2.75) is 302 Å². The summed E-state index contributed by atoms with van der Waals surface area (Å²) in [7, 11) is 0. The molecule has 81 heavy (non-hydrogen) atoms. The Morgan fingerprint density at radius 3 is 1.25 bits per heavy atom. The third kappa shape index (κ3) is 45.8. The van der Waals surface area contributed by atoms with E-state index in [0.29, 0.717) is 19.3 Å². The molecule has 3 N–H and O–H groups in total. The number of esters is 3. The van der Waals surface area contributed by atoms with Gasteiger partial charge in [-0.15, -0.1) is 0 Å². The summed E-state index contributed by atoms with van der Waals surface area (Å²) in [5, 5.41) is 31.5. The first-order valence-corrected chi connectivity index (χ1v) is 32.2. The van der Waals surface area contributed by atoms with E-state index in [1.807, 2.05) is 12.2 Å². The van der Waals surface area contributed by atoms with Gasteiger partial charge in [0, 0.05) is 19.3 Å². The number of unbranched alkanes of at least 4 members (excludes halogenated alkanes) is 24. The summed E-state index contributed by atoms with van der Waals surface area (Å²) < 4.78 is 28.4. The van der Waals surface area contributed by atoms with Crippen molar-refractivity contribution in [3.8, 4) is 0 Å². The largest absolute Gasteiger partial charge is 0.479 e. The van der Waals surface area contributed by atoms with Gasteiger partial charge in [0.05, 0.1) is 6.61 Å². The third-order valence-corrected chi connectivity index (χ3v) is 14.1. The molecule has 1 saturated heterocycles. The second kappa shape index (κ2) is 56.1. The van der Waals surface area contributed by atoms with Crippen LogP contribution in [0.4, 0.5) is 0 Å². The Kier molecular flexibility index (Phi) is 51.7. The number of aliphatic hydroxyl groups excluding tert-OH is 2. The number of hydrogen-bond acceptors (Lipinski definition) is 11. The first kappa shape index (κ1) is 74.7. The van der Waals surface area contributed by atoms with Crippen LogP contribution in [-0.4, -0.2) is 89.2 Å². The van der Waals surface area contributed by atoms with E-state index in [1.165, 1.54) is 96.3 Å². The van der Waals surface area contributed by atoms with Crippen LogP contribution in [0.5, 0.6) is 0 Å². The van der Waals surface area contributed by atoms with Crippen LogP contribution < -0.4 is 0 Å². The number of ether oxygens (including phenoxy) is 5. The highest BCUT2D eigenvalue weighted by Gasteiger charge is 2.50. The number of carboxylic acids is 1. The van der Waals surface area contributed by atoms with Crippen molar-refractivity contribution in [1.82, 2.24) is 0 Å². The normalized spacial score (nSPS) is 18.4. The second-order valence-corrected chi connectivity index (χ2v) is 21.7. The van der Waals surface area contributed by atoms with Crippen LogP contribution in [0.15, 0.2) is 97.2 Å². The molecule has 0 aliphatic carbocycles. The number of carboxylic acid groups (broad SMARTS) is 1. The first-order valence-electron chi connectivity index (χ1n) is 32.2. The monoisotopic (exact) mass is 1130 g/mol. The molecule has 0 aromatic heterocycles. The maximum atomic E-state index is 13.2. The van der Waals surface area contributed by atoms with Crippen molar-refractivity contribution in [2.24, 2.45) is 0 Å². The van der Waals surface area contributed by atoms with Crippen molar-refractivity contribution in [1.29, 1.82) is 0 Å². The zero-order valence-corrected chi connectivity index (χ0v) is 51.0. The fraction of sp³-hybridized carbons (Fsp3) is 0.710. The molecule has 0 aromatic carbocycles. The predicted octanol–water partition coefficient (Wildman–Crippen LogP) is 17.2. The van der Waals surface area contributed by atoms with Crippen LogP contribution in [0.1, 0.15) is 265 Å².